The summed E-state index contributed by atoms with van der Waals surface area (Å²) in [5.41, 5.74) is 1.90. The van der Waals surface area contributed by atoms with Crippen LogP contribution < -0.4 is 0 Å². The number of pyridine rings is 1. The Bertz CT molecular complexity index is 577. The molecule has 0 aliphatic carbocycles. The van der Waals surface area contributed by atoms with Crippen LogP contribution in [0.4, 0.5) is 0 Å². The average Bonchev–Trinajstić information content (AvgIpc) is 2.82. The molecule has 0 spiro atoms. The van der Waals surface area contributed by atoms with E-state index in [-0.39, 0.29) is 5.92 Å². The number of aryl methyl sites for hydroxylation is 1. The molecular formula is C13H13N3O2. The standard InChI is InChI=1S/C13H13N3O2/c17-13(18)10-3-6-16-8-11(15-12(16)7-10)9-1-4-14-5-2-9/h1-2,4-5,8,10H,3,6-7H2,(H,17,18). The first-order valence-corrected chi connectivity index (χ1v) is 5.93. The van der Waals surface area contributed by atoms with Crippen molar-refractivity contribution >= 4 is 5.97 Å². The molecule has 0 bridgehead atoms. The Balaban J connectivity index is 1.92. The van der Waals surface area contributed by atoms with Gasteiger partial charge in [-0.15, -0.1) is 0 Å². The van der Waals surface area contributed by atoms with Gasteiger partial charge in [0, 0.05) is 37.1 Å². The van der Waals surface area contributed by atoms with Gasteiger partial charge in [0.1, 0.15) is 5.82 Å². The zero-order chi connectivity index (χ0) is 12.5. The van der Waals surface area contributed by atoms with Crippen molar-refractivity contribution in [1.29, 1.82) is 0 Å². The summed E-state index contributed by atoms with van der Waals surface area (Å²) in [6.07, 6.45) is 6.64. The Labute approximate surface area is 104 Å². The second-order valence-corrected chi connectivity index (χ2v) is 4.50. The van der Waals surface area contributed by atoms with Crippen LogP contribution in [0.3, 0.4) is 0 Å². The maximum absolute atomic E-state index is 11.0. The number of aliphatic carboxylic acids is 1. The van der Waals surface area contributed by atoms with Gasteiger partial charge in [-0.3, -0.25) is 9.78 Å². The molecule has 0 aromatic carbocycles. The van der Waals surface area contributed by atoms with E-state index in [0.717, 1.165) is 23.6 Å². The number of carboxylic acids is 1. The van der Waals surface area contributed by atoms with Gasteiger partial charge in [0.05, 0.1) is 11.6 Å². The van der Waals surface area contributed by atoms with Crippen LogP contribution in [0.1, 0.15) is 12.2 Å². The zero-order valence-corrected chi connectivity index (χ0v) is 9.78. The predicted octanol–water partition coefficient (Wildman–Crippen LogP) is 1.59. The van der Waals surface area contributed by atoms with Gasteiger partial charge in [0.2, 0.25) is 0 Å². The van der Waals surface area contributed by atoms with Gasteiger partial charge in [-0.05, 0) is 18.6 Å². The third-order valence-corrected chi connectivity index (χ3v) is 3.33. The molecule has 5 nitrogen and oxygen atoms in total. The number of rotatable bonds is 2. The van der Waals surface area contributed by atoms with Crippen LogP contribution in [0, 0.1) is 5.92 Å². The molecule has 18 heavy (non-hydrogen) atoms. The van der Waals surface area contributed by atoms with Crippen LogP contribution in [0.5, 0.6) is 0 Å². The summed E-state index contributed by atoms with van der Waals surface area (Å²) >= 11 is 0. The zero-order valence-electron chi connectivity index (χ0n) is 9.78. The first kappa shape index (κ1) is 11.0. The number of nitrogens with zero attached hydrogens (tertiary/aromatic N) is 3. The molecule has 1 aliphatic heterocycles. The quantitative estimate of drug-likeness (QED) is 0.869. The molecule has 5 heteroatoms. The molecule has 0 fully saturated rings. The van der Waals surface area contributed by atoms with Crippen LogP contribution >= 0.6 is 0 Å². The van der Waals surface area contributed by atoms with E-state index in [4.69, 9.17) is 5.11 Å². The summed E-state index contributed by atoms with van der Waals surface area (Å²) in [6.45, 7) is 0.727. The highest BCUT2D eigenvalue weighted by Gasteiger charge is 2.25. The Hall–Kier alpha value is -2.17. The number of aromatic nitrogens is 3. The second-order valence-electron chi connectivity index (χ2n) is 4.50. The lowest BCUT2D eigenvalue weighted by Crippen LogP contribution is -2.25. The average molecular weight is 243 g/mol. The summed E-state index contributed by atoms with van der Waals surface area (Å²) in [6, 6.07) is 3.81. The molecule has 0 amide bonds. The van der Waals surface area contributed by atoms with Crippen molar-refractivity contribution in [3.63, 3.8) is 0 Å². The van der Waals surface area contributed by atoms with Crippen molar-refractivity contribution in [2.24, 2.45) is 5.92 Å². The van der Waals surface area contributed by atoms with Gasteiger partial charge >= 0.3 is 5.97 Å². The van der Waals surface area contributed by atoms with Gasteiger partial charge in [-0.2, -0.15) is 0 Å². The molecule has 3 heterocycles. The Morgan fingerprint density at radius 1 is 1.39 bits per heavy atom. The molecule has 0 saturated heterocycles. The minimum absolute atomic E-state index is 0.301. The highest BCUT2D eigenvalue weighted by atomic mass is 16.4. The molecule has 2 aromatic heterocycles. The van der Waals surface area contributed by atoms with E-state index >= 15 is 0 Å². The van der Waals surface area contributed by atoms with Crippen LogP contribution in [-0.4, -0.2) is 25.6 Å². The lowest BCUT2D eigenvalue weighted by Gasteiger charge is -2.19. The summed E-state index contributed by atoms with van der Waals surface area (Å²) in [4.78, 5) is 19.5. The Morgan fingerprint density at radius 2 is 2.17 bits per heavy atom. The molecular weight excluding hydrogens is 230 g/mol. The number of hydrogen-bond acceptors (Lipinski definition) is 3. The molecule has 0 saturated carbocycles. The first-order chi connectivity index (χ1) is 8.74. The monoisotopic (exact) mass is 243 g/mol. The fourth-order valence-corrected chi connectivity index (χ4v) is 2.30. The topological polar surface area (TPSA) is 68.0 Å². The summed E-state index contributed by atoms with van der Waals surface area (Å²) < 4.78 is 2.05. The highest BCUT2D eigenvalue weighted by molar-refractivity contribution is 5.70. The minimum Gasteiger partial charge on any atom is -0.481 e. The first-order valence-electron chi connectivity index (χ1n) is 5.93. The van der Waals surface area contributed by atoms with Crippen molar-refractivity contribution in [3.8, 4) is 11.3 Å². The van der Waals surface area contributed by atoms with E-state index in [1.165, 1.54) is 0 Å². The maximum atomic E-state index is 11.0. The maximum Gasteiger partial charge on any atom is 0.307 e. The van der Waals surface area contributed by atoms with Crippen LogP contribution in [0.25, 0.3) is 11.3 Å². The van der Waals surface area contributed by atoms with Crippen molar-refractivity contribution in [3.05, 3.63) is 36.5 Å². The molecule has 1 N–H and O–H groups in total. The van der Waals surface area contributed by atoms with Crippen LogP contribution in [-0.2, 0) is 17.8 Å². The van der Waals surface area contributed by atoms with E-state index in [9.17, 15) is 4.79 Å². The van der Waals surface area contributed by atoms with Gasteiger partial charge in [0.25, 0.3) is 0 Å². The fourth-order valence-electron chi connectivity index (χ4n) is 2.30. The number of carbonyl (C=O) groups is 1. The van der Waals surface area contributed by atoms with Crippen LogP contribution in [0.15, 0.2) is 30.7 Å². The number of carboxylic acid groups (broad SMARTS) is 1. The van der Waals surface area contributed by atoms with E-state index < -0.39 is 5.97 Å². The molecule has 2 aromatic rings. The number of fused-ring (bicyclic) bond motifs is 1. The van der Waals surface area contributed by atoms with Gasteiger partial charge in [-0.25, -0.2) is 4.98 Å². The van der Waals surface area contributed by atoms with Gasteiger partial charge in [0.15, 0.2) is 0 Å². The van der Waals surface area contributed by atoms with Crippen molar-refractivity contribution < 1.29 is 9.90 Å². The molecule has 92 valence electrons. The van der Waals surface area contributed by atoms with E-state index in [2.05, 4.69) is 14.5 Å². The van der Waals surface area contributed by atoms with Gasteiger partial charge < -0.3 is 9.67 Å². The second kappa shape index (κ2) is 4.25. The molecule has 1 aliphatic rings. The smallest absolute Gasteiger partial charge is 0.307 e. The van der Waals surface area contributed by atoms with Crippen molar-refractivity contribution in [1.82, 2.24) is 14.5 Å². The Morgan fingerprint density at radius 3 is 2.89 bits per heavy atom. The largest absolute Gasteiger partial charge is 0.481 e. The van der Waals surface area contributed by atoms with Gasteiger partial charge in [-0.1, -0.05) is 0 Å². The molecule has 1 atom stereocenters. The third-order valence-electron chi connectivity index (χ3n) is 3.33. The van der Waals surface area contributed by atoms with E-state index in [1.807, 2.05) is 18.3 Å². The SMILES string of the molecule is O=C(O)C1CCn2cc(-c3ccncc3)nc2C1. The number of hydrogen-bond donors (Lipinski definition) is 1. The Kier molecular flexibility index (Phi) is 2.59. The molecule has 3 rings (SSSR count). The highest BCUT2D eigenvalue weighted by Crippen LogP contribution is 2.24. The summed E-state index contributed by atoms with van der Waals surface area (Å²) in [5, 5.41) is 9.04. The minimum atomic E-state index is -0.727. The van der Waals surface area contributed by atoms with E-state index in [1.54, 1.807) is 12.4 Å². The van der Waals surface area contributed by atoms with E-state index in [0.29, 0.717) is 12.8 Å². The fraction of sp³-hybridized carbons (Fsp3) is 0.308. The molecule has 0 radical (unpaired) electrons. The molecule has 1 unspecified atom stereocenters. The third kappa shape index (κ3) is 1.88. The lowest BCUT2D eigenvalue weighted by molar-refractivity contribution is -0.142. The summed E-state index contributed by atoms with van der Waals surface area (Å²) in [5.74, 6) is -0.166. The normalized spacial score (nSPS) is 18.3. The summed E-state index contributed by atoms with van der Waals surface area (Å²) in [7, 11) is 0. The van der Waals surface area contributed by atoms with Crippen LogP contribution in [0.2, 0.25) is 0 Å². The van der Waals surface area contributed by atoms with Crippen molar-refractivity contribution in [2.45, 2.75) is 19.4 Å². The van der Waals surface area contributed by atoms with Crippen molar-refractivity contribution in [2.75, 3.05) is 0 Å². The predicted molar refractivity (Wildman–Crippen MR) is 64.9 cm³/mol. The number of imidazole rings is 1. The lowest BCUT2D eigenvalue weighted by atomic mass is 9.98.